The Morgan fingerprint density at radius 2 is 1.24 bits per heavy atom. The van der Waals surface area contributed by atoms with E-state index in [2.05, 4.69) is 5.32 Å². The molecule has 0 saturated heterocycles. The molecule has 0 aromatic heterocycles. The van der Waals surface area contributed by atoms with Crippen molar-refractivity contribution in [1.82, 2.24) is 0 Å². The first-order chi connectivity index (χ1) is 13.8. The van der Waals surface area contributed by atoms with Crippen LogP contribution in [0, 0.1) is 0 Å². The highest BCUT2D eigenvalue weighted by Crippen LogP contribution is 2.41. The van der Waals surface area contributed by atoms with Gasteiger partial charge in [-0.3, -0.25) is 4.79 Å². The molecule has 29 heavy (non-hydrogen) atoms. The fourth-order valence-electron chi connectivity index (χ4n) is 2.78. The minimum Gasteiger partial charge on any atom is -0.478 e. The summed E-state index contributed by atoms with van der Waals surface area (Å²) >= 11 is 24.0. The van der Waals surface area contributed by atoms with Crippen LogP contribution >= 0.6 is 46.4 Å². The lowest BCUT2D eigenvalue weighted by Crippen LogP contribution is -2.18. The van der Waals surface area contributed by atoms with Gasteiger partial charge in [-0.25, -0.2) is 4.79 Å². The van der Waals surface area contributed by atoms with E-state index in [9.17, 15) is 14.7 Å². The number of halogens is 4. The van der Waals surface area contributed by atoms with Crippen molar-refractivity contribution in [3.63, 3.8) is 0 Å². The second-order valence-electron chi connectivity index (χ2n) is 6.12. The molecule has 3 rings (SSSR count). The van der Waals surface area contributed by atoms with Crippen molar-refractivity contribution in [2.24, 2.45) is 0 Å². The van der Waals surface area contributed by atoms with Gasteiger partial charge in [0.05, 0.1) is 31.2 Å². The first kappa shape index (κ1) is 21.5. The summed E-state index contributed by atoms with van der Waals surface area (Å²) < 4.78 is 0. The molecule has 4 nitrogen and oxygen atoms in total. The normalized spacial score (nSPS) is 10.6. The summed E-state index contributed by atoms with van der Waals surface area (Å²) in [5, 5.41) is 11.0. The molecule has 0 aliphatic rings. The maximum absolute atomic E-state index is 12.7. The molecule has 2 N–H and O–H groups in total. The largest absolute Gasteiger partial charge is 0.478 e. The Labute approximate surface area is 187 Å². The quantitative estimate of drug-likeness (QED) is 0.318. The van der Waals surface area contributed by atoms with Crippen LogP contribution in [0.15, 0.2) is 54.6 Å². The number of aromatic carboxylic acids is 1. The Morgan fingerprint density at radius 3 is 1.79 bits per heavy atom. The number of anilines is 1. The van der Waals surface area contributed by atoms with Crippen LogP contribution in [0.5, 0.6) is 0 Å². The zero-order valence-electron chi connectivity index (χ0n) is 14.7. The molecule has 0 atom stereocenters. The van der Waals surface area contributed by atoms with Crippen molar-refractivity contribution in [2.45, 2.75) is 6.42 Å². The molecule has 3 aromatic rings. The van der Waals surface area contributed by atoms with Gasteiger partial charge in [-0.1, -0.05) is 88.9 Å². The van der Waals surface area contributed by atoms with Gasteiger partial charge in [0.1, 0.15) is 0 Å². The predicted octanol–water partition coefficient (Wildman–Crippen LogP) is 6.84. The number of rotatable bonds is 5. The number of carboxylic acids is 1. The molecule has 0 bridgehead atoms. The SMILES string of the molecule is O=C(O)c1c(Cl)c(Cl)c(Cl)c(Cl)c1C(=O)Nc1ccc(Cc2ccccc2)cc1. The molecule has 0 aliphatic carbocycles. The highest BCUT2D eigenvalue weighted by atomic mass is 35.5. The average molecular weight is 469 g/mol. The number of hydrogen-bond donors (Lipinski definition) is 2. The fourth-order valence-corrected chi connectivity index (χ4v) is 3.80. The molecule has 0 unspecified atom stereocenters. The summed E-state index contributed by atoms with van der Waals surface area (Å²) in [6, 6.07) is 17.1. The van der Waals surface area contributed by atoms with Crippen LogP contribution < -0.4 is 5.32 Å². The number of carbonyl (C=O) groups excluding carboxylic acids is 1. The van der Waals surface area contributed by atoms with Crippen LogP contribution in [0.4, 0.5) is 5.69 Å². The minimum absolute atomic E-state index is 0.188. The molecule has 3 aromatic carbocycles. The maximum Gasteiger partial charge on any atom is 0.338 e. The number of nitrogens with one attached hydrogen (secondary N) is 1. The van der Waals surface area contributed by atoms with E-state index in [1.165, 1.54) is 0 Å². The van der Waals surface area contributed by atoms with E-state index in [1.807, 2.05) is 42.5 Å². The van der Waals surface area contributed by atoms with E-state index in [-0.39, 0.29) is 25.7 Å². The summed E-state index contributed by atoms with van der Waals surface area (Å²) in [6.45, 7) is 0. The molecule has 8 heteroatoms. The lowest BCUT2D eigenvalue weighted by molar-refractivity contribution is 0.0692. The molecule has 0 spiro atoms. The second kappa shape index (κ2) is 9.06. The molecule has 148 valence electrons. The second-order valence-corrected chi connectivity index (χ2v) is 7.64. The first-order valence-electron chi connectivity index (χ1n) is 8.33. The van der Waals surface area contributed by atoms with E-state index in [0.29, 0.717) is 5.69 Å². The summed E-state index contributed by atoms with van der Waals surface area (Å²) in [6.07, 6.45) is 0.743. The monoisotopic (exact) mass is 467 g/mol. The Bertz CT molecular complexity index is 1080. The number of benzene rings is 3. The molecule has 0 fully saturated rings. The van der Waals surface area contributed by atoms with Gasteiger partial charge in [0.25, 0.3) is 5.91 Å². The van der Waals surface area contributed by atoms with Crippen LogP contribution in [0.25, 0.3) is 0 Å². The van der Waals surface area contributed by atoms with Crippen LogP contribution in [-0.4, -0.2) is 17.0 Å². The molecule has 0 saturated carbocycles. The zero-order chi connectivity index (χ0) is 21.1. The predicted molar refractivity (Wildman–Crippen MR) is 117 cm³/mol. The van der Waals surface area contributed by atoms with Crippen LogP contribution in [0.2, 0.25) is 20.1 Å². The molecular formula is C21H13Cl4NO3. The van der Waals surface area contributed by atoms with Crippen LogP contribution in [0.1, 0.15) is 31.8 Å². The van der Waals surface area contributed by atoms with E-state index in [4.69, 9.17) is 46.4 Å². The number of carboxylic acid groups (broad SMARTS) is 1. The van der Waals surface area contributed by atoms with Gasteiger partial charge in [0, 0.05) is 5.69 Å². The van der Waals surface area contributed by atoms with Gasteiger partial charge in [0.2, 0.25) is 0 Å². The fraction of sp³-hybridized carbons (Fsp3) is 0.0476. The van der Waals surface area contributed by atoms with Gasteiger partial charge in [0.15, 0.2) is 0 Å². The first-order valence-corrected chi connectivity index (χ1v) is 9.84. The molecule has 0 aliphatic heterocycles. The summed E-state index contributed by atoms with van der Waals surface area (Å²) in [5.74, 6) is -2.21. The van der Waals surface area contributed by atoms with Gasteiger partial charge in [-0.05, 0) is 29.7 Å². The lowest BCUT2D eigenvalue weighted by atomic mass is 10.0. The maximum atomic E-state index is 12.7. The Morgan fingerprint density at radius 1 is 0.724 bits per heavy atom. The third-order valence-electron chi connectivity index (χ3n) is 4.17. The standard InChI is InChI=1S/C21H13Cl4NO3/c22-16-14(15(21(28)29)17(23)19(25)18(16)24)20(27)26-13-8-6-12(7-9-13)10-11-4-2-1-3-5-11/h1-9H,10H2,(H,26,27)(H,28,29). The van der Waals surface area contributed by atoms with Crippen molar-refractivity contribution in [2.75, 3.05) is 5.32 Å². The molecule has 0 heterocycles. The number of hydrogen-bond acceptors (Lipinski definition) is 2. The Balaban J connectivity index is 1.86. The topological polar surface area (TPSA) is 66.4 Å². The Kier molecular flexibility index (Phi) is 6.70. The van der Waals surface area contributed by atoms with Crippen molar-refractivity contribution >= 4 is 64.0 Å². The van der Waals surface area contributed by atoms with Crippen LogP contribution in [0.3, 0.4) is 0 Å². The summed E-state index contributed by atoms with van der Waals surface area (Å²) in [5.41, 5.74) is 1.81. The van der Waals surface area contributed by atoms with E-state index < -0.39 is 17.4 Å². The summed E-state index contributed by atoms with van der Waals surface area (Å²) in [4.78, 5) is 24.3. The van der Waals surface area contributed by atoms with Gasteiger partial charge < -0.3 is 10.4 Å². The van der Waals surface area contributed by atoms with E-state index in [0.717, 1.165) is 17.5 Å². The lowest BCUT2D eigenvalue weighted by Gasteiger charge is -2.14. The molecule has 0 radical (unpaired) electrons. The summed E-state index contributed by atoms with van der Waals surface area (Å²) in [7, 11) is 0. The van der Waals surface area contributed by atoms with Crippen molar-refractivity contribution < 1.29 is 14.7 Å². The van der Waals surface area contributed by atoms with E-state index in [1.54, 1.807) is 12.1 Å². The number of amides is 1. The van der Waals surface area contributed by atoms with Crippen molar-refractivity contribution in [3.05, 3.63) is 96.9 Å². The van der Waals surface area contributed by atoms with Crippen molar-refractivity contribution in [1.29, 1.82) is 0 Å². The van der Waals surface area contributed by atoms with Gasteiger partial charge >= 0.3 is 5.97 Å². The van der Waals surface area contributed by atoms with Gasteiger partial charge in [-0.15, -0.1) is 0 Å². The zero-order valence-corrected chi connectivity index (χ0v) is 17.7. The Hall–Kier alpha value is -2.24. The molecule has 1 amide bonds. The smallest absolute Gasteiger partial charge is 0.338 e. The van der Waals surface area contributed by atoms with Gasteiger partial charge in [-0.2, -0.15) is 0 Å². The third-order valence-corrected chi connectivity index (χ3v) is 5.97. The third kappa shape index (κ3) is 4.68. The minimum atomic E-state index is -1.45. The number of carbonyl (C=O) groups is 2. The van der Waals surface area contributed by atoms with Crippen molar-refractivity contribution in [3.8, 4) is 0 Å². The average Bonchev–Trinajstić information content (AvgIpc) is 2.70. The van der Waals surface area contributed by atoms with Crippen LogP contribution in [-0.2, 0) is 6.42 Å². The van der Waals surface area contributed by atoms with E-state index >= 15 is 0 Å². The highest BCUT2D eigenvalue weighted by Gasteiger charge is 2.28. The highest BCUT2D eigenvalue weighted by molar-refractivity contribution is 6.54. The molecular weight excluding hydrogens is 456 g/mol.